The molecular weight excluding hydrogens is 234 g/mol. The van der Waals surface area contributed by atoms with Gasteiger partial charge in [-0.15, -0.1) is 0 Å². The molecule has 18 heavy (non-hydrogen) atoms. The van der Waals surface area contributed by atoms with Gasteiger partial charge in [0.1, 0.15) is 0 Å². The number of amides is 1. The fourth-order valence-corrected chi connectivity index (χ4v) is 2.87. The molecule has 0 aromatic heterocycles. The van der Waals surface area contributed by atoms with Gasteiger partial charge in [-0.25, -0.2) is 0 Å². The molecule has 2 saturated carbocycles. The SMILES string of the molecule is CCC1CC(C(=O)O)C(C(=O)NC2(CO)CC2)C1. The molecule has 102 valence electrons. The average Bonchev–Trinajstić information content (AvgIpc) is 2.97. The van der Waals surface area contributed by atoms with E-state index in [0.29, 0.717) is 18.8 Å². The van der Waals surface area contributed by atoms with E-state index in [4.69, 9.17) is 0 Å². The first-order valence-electron chi connectivity index (χ1n) is 6.67. The molecule has 2 aliphatic rings. The van der Waals surface area contributed by atoms with Crippen molar-refractivity contribution in [1.82, 2.24) is 5.32 Å². The lowest BCUT2D eigenvalue weighted by atomic mass is 9.95. The Bertz CT molecular complexity index is 351. The molecule has 0 aliphatic heterocycles. The Morgan fingerprint density at radius 3 is 2.33 bits per heavy atom. The summed E-state index contributed by atoms with van der Waals surface area (Å²) < 4.78 is 0. The Balaban J connectivity index is 2.01. The summed E-state index contributed by atoms with van der Waals surface area (Å²) in [5.41, 5.74) is -0.454. The molecule has 2 aliphatic carbocycles. The van der Waals surface area contributed by atoms with Crippen molar-refractivity contribution in [3.8, 4) is 0 Å². The Morgan fingerprint density at radius 2 is 1.89 bits per heavy atom. The minimum Gasteiger partial charge on any atom is -0.481 e. The maximum absolute atomic E-state index is 12.2. The second kappa shape index (κ2) is 4.88. The third-order valence-corrected chi connectivity index (χ3v) is 4.44. The first-order chi connectivity index (χ1) is 8.51. The molecule has 2 fully saturated rings. The van der Waals surface area contributed by atoms with Gasteiger partial charge in [0.05, 0.1) is 24.0 Å². The van der Waals surface area contributed by atoms with Crippen molar-refractivity contribution < 1.29 is 19.8 Å². The number of aliphatic carboxylic acids is 1. The number of hydrogen-bond donors (Lipinski definition) is 3. The zero-order valence-electron chi connectivity index (χ0n) is 10.7. The Morgan fingerprint density at radius 1 is 1.28 bits per heavy atom. The summed E-state index contributed by atoms with van der Waals surface area (Å²) >= 11 is 0. The summed E-state index contributed by atoms with van der Waals surface area (Å²) in [6, 6.07) is 0. The summed E-state index contributed by atoms with van der Waals surface area (Å²) in [7, 11) is 0. The first-order valence-corrected chi connectivity index (χ1v) is 6.67. The molecule has 0 bridgehead atoms. The average molecular weight is 255 g/mol. The van der Waals surface area contributed by atoms with Crippen molar-refractivity contribution in [2.24, 2.45) is 17.8 Å². The standard InChI is InChI=1S/C13H21NO4/c1-2-8-5-9(10(6-8)12(17)18)11(16)14-13(7-15)3-4-13/h8-10,15H,2-7H2,1H3,(H,14,16)(H,17,18). The van der Waals surface area contributed by atoms with Crippen molar-refractivity contribution in [2.45, 2.75) is 44.6 Å². The molecule has 0 spiro atoms. The summed E-state index contributed by atoms with van der Waals surface area (Å²) in [4.78, 5) is 23.3. The minimum absolute atomic E-state index is 0.0552. The van der Waals surface area contributed by atoms with E-state index in [1.165, 1.54) is 0 Å². The third-order valence-electron chi connectivity index (χ3n) is 4.44. The van der Waals surface area contributed by atoms with Gasteiger partial charge < -0.3 is 15.5 Å². The van der Waals surface area contributed by atoms with Crippen LogP contribution in [0.15, 0.2) is 0 Å². The van der Waals surface area contributed by atoms with E-state index in [1.54, 1.807) is 0 Å². The van der Waals surface area contributed by atoms with Gasteiger partial charge in [0.2, 0.25) is 5.91 Å². The van der Waals surface area contributed by atoms with E-state index in [9.17, 15) is 19.8 Å². The molecule has 1 amide bonds. The number of carboxylic acid groups (broad SMARTS) is 1. The van der Waals surface area contributed by atoms with Crippen molar-refractivity contribution in [3.05, 3.63) is 0 Å². The second-order valence-corrected chi connectivity index (χ2v) is 5.72. The number of carboxylic acids is 1. The van der Waals surface area contributed by atoms with Crippen LogP contribution in [0.2, 0.25) is 0 Å². The molecule has 5 heteroatoms. The highest BCUT2D eigenvalue weighted by molar-refractivity contribution is 5.86. The Labute approximate surface area is 107 Å². The van der Waals surface area contributed by atoms with Crippen LogP contribution in [0, 0.1) is 17.8 Å². The lowest BCUT2D eigenvalue weighted by Crippen LogP contribution is -2.44. The molecule has 3 N–H and O–H groups in total. The van der Waals surface area contributed by atoms with Crippen LogP contribution in [-0.2, 0) is 9.59 Å². The van der Waals surface area contributed by atoms with E-state index in [1.807, 2.05) is 6.92 Å². The number of nitrogens with one attached hydrogen (secondary N) is 1. The summed E-state index contributed by atoms with van der Waals surface area (Å²) in [5, 5.41) is 21.2. The highest BCUT2D eigenvalue weighted by atomic mass is 16.4. The van der Waals surface area contributed by atoms with Crippen LogP contribution in [0.4, 0.5) is 0 Å². The number of aliphatic hydroxyl groups excluding tert-OH is 1. The molecule has 0 aromatic carbocycles. The van der Waals surface area contributed by atoms with Crippen LogP contribution in [0.1, 0.15) is 39.0 Å². The van der Waals surface area contributed by atoms with Crippen LogP contribution >= 0.6 is 0 Å². The highest BCUT2D eigenvalue weighted by Crippen LogP contribution is 2.40. The Hall–Kier alpha value is -1.10. The zero-order valence-corrected chi connectivity index (χ0v) is 10.7. The van der Waals surface area contributed by atoms with Crippen LogP contribution in [-0.4, -0.2) is 34.2 Å². The molecule has 0 saturated heterocycles. The van der Waals surface area contributed by atoms with Crippen LogP contribution < -0.4 is 5.32 Å². The van der Waals surface area contributed by atoms with Crippen molar-refractivity contribution >= 4 is 11.9 Å². The van der Waals surface area contributed by atoms with E-state index in [2.05, 4.69) is 5.32 Å². The highest BCUT2D eigenvalue weighted by Gasteiger charge is 2.48. The topological polar surface area (TPSA) is 86.6 Å². The van der Waals surface area contributed by atoms with Crippen LogP contribution in [0.5, 0.6) is 0 Å². The van der Waals surface area contributed by atoms with Gasteiger partial charge in [-0.1, -0.05) is 13.3 Å². The number of carbonyl (C=O) groups is 2. The summed E-state index contributed by atoms with van der Waals surface area (Å²) in [5.74, 6) is -1.74. The lowest BCUT2D eigenvalue weighted by molar-refractivity contribution is -0.146. The second-order valence-electron chi connectivity index (χ2n) is 5.72. The normalized spacial score (nSPS) is 33.1. The summed E-state index contributed by atoms with van der Waals surface area (Å²) in [6.45, 7) is 1.97. The number of aliphatic hydroxyl groups is 1. The third kappa shape index (κ3) is 2.51. The van der Waals surface area contributed by atoms with E-state index in [-0.39, 0.29) is 12.5 Å². The lowest BCUT2D eigenvalue weighted by Gasteiger charge is -2.20. The maximum Gasteiger partial charge on any atom is 0.307 e. The molecule has 0 heterocycles. The molecule has 2 rings (SSSR count). The van der Waals surface area contributed by atoms with Gasteiger partial charge in [0, 0.05) is 0 Å². The largest absolute Gasteiger partial charge is 0.481 e. The van der Waals surface area contributed by atoms with Crippen molar-refractivity contribution in [3.63, 3.8) is 0 Å². The van der Waals surface area contributed by atoms with Gasteiger partial charge in [-0.05, 0) is 31.6 Å². The molecule has 0 radical (unpaired) electrons. The smallest absolute Gasteiger partial charge is 0.307 e. The van der Waals surface area contributed by atoms with E-state index in [0.717, 1.165) is 19.3 Å². The number of hydrogen-bond acceptors (Lipinski definition) is 3. The number of rotatable bonds is 5. The predicted molar refractivity (Wildman–Crippen MR) is 64.8 cm³/mol. The quantitative estimate of drug-likeness (QED) is 0.677. The van der Waals surface area contributed by atoms with Gasteiger partial charge in [-0.2, -0.15) is 0 Å². The molecular formula is C13H21NO4. The Kier molecular flexibility index (Phi) is 3.61. The van der Waals surface area contributed by atoms with Gasteiger partial charge in [-0.3, -0.25) is 9.59 Å². The summed E-state index contributed by atoms with van der Waals surface area (Å²) in [6.07, 6.45) is 3.74. The fourth-order valence-electron chi connectivity index (χ4n) is 2.87. The van der Waals surface area contributed by atoms with E-state index >= 15 is 0 Å². The van der Waals surface area contributed by atoms with Crippen molar-refractivity contribution in [1.29, 1.82) is 0 Å². The number of carbonyl (C=O) groups excluding carboxylic acids is 1. The zero-order chi connectivity index (χ0) is 13.3. The first kappa shape index (κ1) is 13.3. The van der Waals surface area contributed by atoms with Gasteiger partial charge in [0.15, 0.2) is 0 Å². The van der Waals surface area contributed by atoms with Gasteiger partial charge in [0.25, 0.3) is 0 Å². The van der Waals surface area contributed by atoms with E-state index < -0.39 is 23.3 Å². The fraction of sp³-hybridized carbons (Fsp3) is 0.846. The molecule has 5 nitrogen and oxygen atoms in total. The maximum atomic E-state index is 12.2. The van der Waals surface area contributed by atoms with Gasteiger partial charge >= 0.3 is 5.97 Å². The molecule has 3 unspecified atom stereocenters. The monoisotopic (exact) mass is 255 g/mol. The van der Waals surface area contributed by atoms with Crippen LogP contribution in [0.3, 0.4) is 0 Å². The van der Waals surface area contributed by atoms with Crippen LogP contribution in [0.25, 0.3) is 0 Å². The predicted octanol–water partition coefficient (Wildman–Crippen LogP) is 0.764. The molecule has 3 atom stereocenters. The van der Waals surface area contributed by atoms with Crippen molar-refractivity contribution in [2.75, 3.05) is 6.61 Å². The molecule has 0 aromatic rings. The minimum atomic E-state index is -0.875.